The van der Waals surface area contributed by atoms with E-state index >= 15 is 0 Å². The molecule has 0 fully saturated rings. The molecule has 2 aromatic heterocycles. The van der Waals surface area contributed by atoms with E-state index in [-0.39, 0.29) is 11.2 Å². The van der Waals surface area contributed by atoms with Crippen LogP contribution < -0.4 is 5.56 Å². The number of benzene rings is 2. The van der Waals surface area contributed by atoms with Crippen LogP contribution in [0, 0.1) is 11.6 Å². The van der Waals surface area contributed by atoms with Crippen LogP contribution in [0.25, 0.3) is 16.6 Å². The minimum absolute atomic E-state index is 0.0120. The third-order valence-electron chi connectivity index (χ3n) is 4.29. The average molecular weight is 398 g/mol. The summed E-state index contributed by atoms with van der Waals surface area (Å²) >= 11 is 1.37. The Balaban J connectivity index is 1.72. The molecule has 2 aromatic carbocycles. The van der Waals surface area contributed by atoms with Crippen LogP contribution >= 0.6 is 11.8 Å². The molecule has 0 aliphatic rings. The monoisotopic (exact) mass is 398 g/mol. The summed E-state index contributed by atoms with van der Waals surface area (Å²) in [6, 6.07) is 10.1. The molecule has 2 heterocycles. The Bertz CT molecular complexity index is 1170. The molecule has 1 N–H and O–H groups in total. The molecule has 5 nitrogen and oxygen atoms in total. The van der Waals surface area contributed by atoms with E-state index in [2.05, 4.69) is 15.2 Å². The van der Waals surface area contributed by atoms with Crippen molar-refractivity contribution in [3.05, 3.63) is 82.4 Å². The quantitative estimate of drug-likeness (QED) is 0.302. The van der Waals surface area contributed by atoms with E-state index < -0.39 is 11.6 Å². The van der Waals surface area contributed by atoms with Crippen molar-refractivity contribution in [1.29, 1.82) is 0 Å². The minimum atomic E-state index is -0.806. The van der Waals surface area contributed by atoms with Gasteiger partial charge in [-0.1, -0.05) is 23.9 Å². The van der Waals surface area contributed by atoms with Crippen LogP contribution in [0.1, 0.15) is 12.0 Å². The number of para-hydroxylation sites is 1. The smallest absolute Gasteiger partial charge is 0.266 e. The molecule has 4 aromatic rings. The van der Waals surface area contributed by atoms with E-state index in [0.29, 0.717) is 21.8 Å². The van der Waals surface area contributed by atoms with Gasteiger partial charge in [0.2, 0.25) is 0 Å². The van der Waals surface area contributed by atoms with Gasteiger partial charge in [0.25, 0.3) is 5.56 Å². The first-order chi connectivity index (χ1) is 13.6. The number of rotatable bonds is 6. The van der Waals surface area contributed by atoms with Crippen molar-refractivity contribution in [1.82, 2.24) is 19.7 Å². The van der Waals surface area contributed by atoms with Gasteiger partial charge < -0.3 is 0 Å². The Morgan fingerprint density at radius 1 is 1.14 bits per heavy atom. The number of nitrogens with zero attached hydrogens (tertiary/aromatic N) is 3. The third kappa shape index (κ3) is 3.68. The molecule has 0 radical (unpaired) electrons. The summed E-state index contributed by atoms with van der Waals surface area (Å²) in [7, 11) is 0. The molecule has 0 aliphatic carbocycles. The Labute approximate surface area is 163 Å². The summed E-state index contributed by atoms with van der Waals surface area (Å²) < 4.78 is 29.0. The zero-order valence-corrected chi connectivity index (χ0v) is 15.5. The van der Waals surface area contributed by atoms with E-state index in [4.69, 9.17) is 0 Å². The maximum atomic E-state index is 14.4. The second-order valence-electron chi connectivity index (χ2n) is 6.21. The van der Waals surface area contributed by atoms with E-state index in [1.54, 1.807) is 30.5 Å². The van der Waals surface area contributed by atoms with Crippen LogP contribution in [-0.2, 0) is 6.42 Å². The van der Waals surface area contributed by atoms with Crippen LogP contribution in [0.15, 0.2) is 64.8 Å². The molecule has 0 amide bonds. The maximum absolute atomic E-state index is 14.4. The Hall–Kier alpha value is -3.00. The van der Waals surface area contributed by atoms with Crippen molar-refractivity contribution in [2.75, 3.05) is 5.75 Å². The minimum Gasteiger partial charge on any atom is -0.285 e. The van der Waals surface area contributed by atoms with E-state index in [1.165, 1.54) is 22.4 Å². The molecular weight excluding hydrogens is 382 g/mol. The fourth-order valence-corrected chi connectivity index (χ4v) is 3.88. The predicted molar refractivity (Wildman–Crippen MR) is 105 cm³/mol. The predicted octanol–water partition coefficient (Wildman–Crippen LogP) is 4.11. The fourth-order valence-electron chi connectivity index (χ4n) is 2.94. The number of fused-ring (bicyclic) bond motifs is 1. The van der Waals surface area contributed by atoms with Gasteiger partial charge >= 0.3 is 0 Å². The summed E-state index contributed by atoms with van der Waals surface area (Å²) in [5.74, 6) is -0.824. The summed E-state index contributed by atoms with van der Waals surface area (Å²) in [5, 5.41) is 7.44. The van der Waals surface area contributed by atoms with Gasteiger partial charge in [-0.15, -0.1) is 0 Å². The highest BCUT2D eigenvalue weighted by molar-refractivity contribution is 7.99. The van der Waals surface area contributed by atoms with Gasteiger partial charge in [0.05, 0.1) is 22.8 Å². The van der Waals surface area contributed by atoms with Gasteiger partial charge in [-0.3, -0.25) is 14.5 Å². The first-order valence-corrected chi connectivity index (χ1v) is 9.70. The number of hydrogen-bond acceptors (Lipinski definition) is 4. The van der Waals surface area contributed by atoms with Crippen molar-refractivity contribution in [2.24, 2.45) is 0 Å². The van der Waals surface area contributed by atoms with Crippen LogP contribution in [-0.4, -0.2) is 25.5 Å². The first-order valence-electron chi connectivity index (χ1n) is 8.71. The molecule has 0 unspecified atom stereocenters. The third-order valence-corrected chi connectivity index (χ3v) is 5.32. The van der Waals surface area contributed by atoms with E-state index in [9.17, 15) is 13.6 Å². The fraction of sp³-hybridized carbons (Fsp3) is 0.150. The van der Waals surface area contributed by atoms with Gasteiger partial charge in [-0.2, -0.15) is 5.10 Å². The standard InChI is InChI=1S/C20H16F2N4OS/c21-14-7-8-18(16(22)10-14)26-19(27)15-5-1-2-6-17(15)25-20(26)28-9-3-4-13-11-23-24-12-13/h1-2,5-8,10-12H,3-4,9H2,(H,23,24). The molecule has 0 bridgehead atoms. The highest BCUT2D eigenvalue weighted by Gasteiger charge is 2.16. The topological polar surface area (TPSA) is 63.6 Å². The number of halogens is 2. The molecule has 0 saturated heterocycles. The number of thioether (sulfide) groups is 1. The summed E-state index contributed by atoms with van der Waals surface area (Å²) in [6.45, 7) is 0. The lowest BCUT2D eigenvalue weighted by Crippen LogP contribution is -2.22. The van der Waals surface area contributed by atoms with E-state index in [0.717, 1.165) is 30.5 Å². The molecule has 4 rings (SSSR count). The summed E-state index contributed by atoms with van der Waals surface area (Å²) in [5.41, 5.74) is 1.24. The normalized spacial score (nSPS) is 11.2. The number of aromatic nitrogens is 4. The molecule has 28 heavy (non-hydrogen) atoms. The van der Waals surface area contributed by atoms with Crippen LogP contribution in [0.2, 0.25) is 0 Å². The maximum Gasteiger partial charge on any atom is 0.266 e. The van der Waals surface area contributed by atoms with Crippen molar-refractivity contribution < 1.29 is 8.78 Å². The second-order valence-corrected chi connectivity index (χ2v) is 7.27. The molecule has 142 valence electrons. The molecule has 0 saturated carbocycles. The van der Waals surface area contributed by atoms with Crippen LogP contribution in [0.5, 0.6) is 0 Å². The van der Waals surface area contributed by atoms with Crippen molar-refractivity contribution in [2.45, 2.75) is 18.0 Å². The lowest BCUT2D eigenvalue weighted by atomic mass is 10.2. The Morgan fingerprint density at radius 3 is 2.79 bits per heavy atom. The van der Waals surface area contributed by atoms with Crippen molar-refractivity contribution in [3.8, 4) is 5.69 Å². The highest BCUT2D eigenvalue weighted by atomic mass is 32.2. The van der Waals surface area contributed by atoms with Gasteiger partial charge in [-0.05, 0) is 42.7 Å². The lowest BCUT2D eigenvalue weighted by molar-refractivity contribution is 0.572. The van der Waals surface area contributed by atoms with Crippen LogP contribution in [0.3, 0.4) is 0 Å². The van der Waals surface area contributed by atoms with Gasteiger partial charge in [0.15, 0.2) is 5.16 Å². The van der Waals surface area contributed by atoms with E-state index in [1.807, 2.05) is 6.20 Å². The number of aromatic amines is 1. The zero-order chi connectivity index (χ0) is 19.5. The summed E-state index contributed by atoms with van der Waals surface area (Å²) in [6.07, 6.45) is 5.26. The average Bonchev–Trinajstić information content (AvgIpc) is 3.20. The summed E-state index contributed by atoms with van der Waals surface area (Å²) in [4.78, 5) is 17.6. The number of hydrogen-bond donors (Lipinski definition) is 1. The largest absolute Gasteiger partial charge is 0.285 e. The number of H-pyrrole nitrogens is 1. The highest BCUT2D eigenvalue weighted by Crippen LogP contribution is 2.24. The SMILES string of the molecule is O=c1c2ccccc2nc(SCCCc2cn[nH]c2)n1-c1ccc(F)cc1F. The van der Waals surface area contributed by atoms with Gasteiger partial charge in [0.1, 0.15) is 11.6 Å². The molecule has 0 spiro atoms. The number of aryl methyl sites for hydroxylation is 1. The first kappa shape index (κ1) is 18.4. The van der Waals surface area contributed by atoms with Gasteiger partial charge in [0, 0.05) is 18.0 Å². The van der Waals surface area contributed by atoms with Crippen molar-refractivity contribution >= 4 is 22.7 Å². The molecule has 0 aliphatic heterocycles. The molecular formula is C20H16F2N4OS. The zero-order valence-electron chi connectivity index (χ0n) is 14.7. The lowest BCUT2D eigenvalue weighted by Gasteiger charge is -2.14. The van der Waals surface area contributed by atoms with Crippen molar-refractivity contribution in [3.63, 3.8) is 0 Å². The second kappa shape index (κ2) is 7.93. The van der Waals surface area contributed by atoms with Gasteiger partial charge in [-0.25, -0.2) is 13.8 Å². The van der Waals surface area contributed by atoms with Crippen LogP contribution in [0.4, 0.5) is 8.78 Å². The number of nitrogens with one attached hydrogen (secondary N) is 1. The Kier molecular flexibility index (Phi) is 5.21. The molecule has 8 heteroatoms. The Morgan fingerprint density at radius 2 is 2.00 bits per heavy atom. The molecule has 0 atom stereocenters.